The van der Waals surface area contributed by atoms with Gasteiger partial charge in [0.2, 0.25) is 0 Å². The zero-order chi connectivity index (χ0) is 12.9. The molecule has 96 valence electrons. The van der Waals surface area contributed by atoms with E-state index < -0.39 is 28.9 Å². The van der Waals surface area contributed by atoms with Gasteiger partial charge in [-0.15, -0.1) is 0 Å². The lowest BCUT2D eigenvalue weighted by Crippen LogP contribution is -2.41. The molecule has 2 bridgehead atoms. The molecule has 2 aliphatic heterocycles. The molecule has 1 amide bonds. The first-order valence-corrected chi connectivity index (χ1v) is 5.64. The molecule has 3 nitrogen and oxygen atoms in total. The van der Waals surface area contributed by atoms with E-state index in [-0.39, 0.29) is 12.1 Å². The maximum Gasteiger partial charge on any atom is 0.257 e. The zero-order valence-electron chi connectivity index (χ0n) is 9.33. The SMILES string of the molecule is O=C(c1ccc(F)c(F)c1F)N1CC2CC1CO2. The van der Waals surface area contributed by atoms with Crippen LogP contribution in [0, 0.1) is 17.5 Å². The highest BCUT2D eigenvalue weighted by atomic mass is 19.2. The van der Waals surface area contributed by atoms with Gasteiger partial charge in [0.15, 0.2) is 17.5 Å². The molecular weight excluding hydrogens is 247 g/mol. The van der Waals surface area contributed by atoms with E-state index in [2.05, 4.69) is 0 Å². The summed E-state index contributed by atoms with van der Waals surface area (Å²) in [7, 11) is 0. The minimum absolute atomic E-state index is 0.0210. The number of ether oxygens (including phenoxy) is 1. The van der Waals surface area contributed by atoms with Gasteiger partial charge in [0.05, 0.1) is 24.3 Å². The number of morpholine rings is 1. The van der Waals surface area contributed by atoms with Gasteiger partial charge in [-0.2, -0.15) is 0 Å². The maximum absolute atomic E-state index is 13.5. The number of hydrogen-bond acceptors (Lipinski definition) is 2. The predicted octanol–water partition coefficient (Wildman–Crippen LogP) is 1.72. The van der Waals surface area contributed by atoms with Crippen LogP contribution in [0.2, 0.25) is 0 Å². The molecule has 1 aromatic carbocycles. The molecule has 3 rings (SSSR count). The standard InChI is InChI=1S/C12H10F3NO2/c13-9-2-1-8(10(14)11(9)15)12(17)16-4-7-3-6(16)5-18-7/h1-2,6-7H,3-5H2. The minimum Gasteiger partial charge on any atom is -0.374 e. The first-order valence-electron chi connectivity index (χ1n) is 5.64. The molecule has 1 aromatic rings. The van der Waals surface area contributed by atoms with Crippen LogP contribution in [0.15, 0.2) is 12.1 Å². The van der Waals surface area contributed by atoms with Crippen LogP contribution in [0.25, 0.3) is 0 Å². The lowest BCUT2D eigenvalue weighted by Gasteiger charge is -2.27. The van der Waals surface area contributed by atoms with Crippen molar-refractivity contribution in [3.05, 3.63) is 35.1 Å². The second-order valence-corrected chi connectivity index (χ2v) is 4.53. The number of carbonyl (C=O) groups excluding carboxylic acids is 1. The van der Waals surface area contributed by atoms with Crippen LogP contribution >= 0.6 is 0 Å². The predicted molar refractivity (Wildman–Crippen MR) is 55.5 cm³/mol. The Balaban J connectivity index is 1.91. The number of rotatable bonds is 1. The van der Waals surface area contributed by atoms with Crippen molar-refractivity contribution in [1.29, 1.82) is 0 Å². The molecule has 2 unspecified atom stereocenters. The van der Waals surface area contributed by atoms with Crippen molar-refractivity contribution >= 4 is 5.91 Å². The quantitative estimate of drug-likeness (QED) is 0.717. The van der Waals surface area contributed by atoms with E-state index in [1.165, 1.54) is 4.90 Å². The highest BCUT2D eigenvalue weighted by Gasteiger charge is 2.42. The summed E-state index contributed by atoms with van der Waals surface area (Å²) in [5, 5.41) is 0. The number of amides is 1. The zero-order valence-corrected chi connectivity index (χ0v) is 9.33. The van der Waals surface area contributed by atoms with Gasteiger partial charge in [-0.3, -0.25) is 4.79 Å². The number of benzene rings is 1. The number of fused-ring (bicyclic) bond motifs is 2. The summed E-state index contributed by atoms with van der Waals surface area (Å²) in [5.41, 5.74) is -0.429. The Morgan fingerprint density at radius 3 is 2.67 bits per heavy atom. The summed E-state index contributed by atoms with van der Waals surface area (Å²) in [5.74, 6) is -4.94. The lowest BCUT2D eigenvalue weighted by molar-refractivity contribution is 0.0255. The fraction of sp³-hybridized carbons (Fsp3) is 0.417. The smallest absolute Gasteiger partial charge is 0.257 e. The van der Waals surface area contributed by atoms with Crippen LogP contribution in [0.1, 0.15) is 16.8 Å². The van der Waals surface area contributed by atoms with Crippen LogP contribution < -0.4 is 0 Å². The molecule has 18 heavy (non-hydrogen) atoms. The van der Waals surface area contributed by atoms with E-state index in [4.69, 9.17) is 4.74 Å². The highest BCUT2D eigenvalue weighted by molar-refractivity contribution is 5.95. The third-order valence-corrected chi connectivity index (χ3v) is 3.43. The topological polar surface area (TPSA) is 29.5 Å². The molecule has 2 fully saturated rings. The van der Waals surface area contributed by atoms with Crippen LogP contribution in [0.4, 0.5) is 13.2 Å². The van der Waals surface area contributed by atoms with Gasteiger partial charge in [0.25, 0.3) is 5.91 Å². The number of hydrogen-bond donors (Lipinski definition) is 0. The molecule has 0 saturated carbocycles. The fourth-order valence-electron chi connectivity index (χ4n) is 2.49. The first kappa shape index (κ1) is 11.5. The van der Waals surface area contributed by atoms with Crippen molar-refractivity contribution in [2.75, 3.05) is 13.2 Å². The molecule has 0 aromatic heterocycles. The molecule has 2 saturated heterocycles. The molecular formula is C12H10F3NO2. The van der Waals surface area contributed by atoms with Crippen molar-refractivity contribution in [1.82, 2.24) is 4.90 Å². The minimum atomic E-state index is -1.61. The van der Waals surface area contributed by atoms with Crippen molar-refractivity contribution in [3.63, 3.8) is 0 Å². The second-order valence-electron chi connectivity index (χ2n) is 4.53. The van der Waals surface area contributed by atoms with Crippen molar-refractivity contribution in [3.8, 4) is 0 Å². The average Bonchev–Trinajstić information content (AvgIpc) is 2.97. The van der Waals surface area contributed by atoms with Crippen molar-refractivity contribution in [2.45, 2.75) is 18.6 Å². The number of nitrogens with zero attached hydrogens (tertiary/aromatic N) is 1. The van der Waals surface area contributed by atoms with Gasteiger partial charge >= 0.3 is 0 Å². The normalized spacial score (nSPS) is 25.8. The van der Waals surface area contributed by atoms with Crippen LogP contribution in [-0.2, 0) is 4.74 Å². The van der Waals surface area contributed by atoms with Crippen molar-refractivity contribution in [2.24, 2.45) is 0 Å². The molecule has 0 N–H and O–H groups in total. The molecule has 0 radical (unpaired) electrons. The molecule has 6 heteroatoms. The van der Waals surface area contributed by atoms with Gasteiger partial charge in [0.1, 0.15) is 0 Å². The Hall–Kier alpha value is -1.56. The molecule has 2 heterocycles. The second kappa shape index (κ2) is 3.98. The number of likely N-dealkylation sites (tertiary alicyclic amines) is 1. The van der Waals surface area contributed by atoms with E-state index in [1.54, 1.807) is 0 Å². The van der Waals surface area contributed by atoms with Crippen LogP contribution in [-0.4, -0.2) is 36.1 Å². The summed E-state index contributed by atoms with van der Waals surface area (Å²) >= 11 is 0. The van der Waals surface area contributed by atoms with E-state index in [1.807, 2.05) is 0 Å². The van der Waals surface area contributed by atoms with E-state index in [9.17, 15) is 18.0 Å². The average molecular weight is 257 g/mol. The van der Waals surface area contributed by atoms with E-state index >= 15 is 0 Å². The Morgan fingerprint density at radius 1 is 1.28 bits per heavy atom. The van der Waals surface area contributed by atoms with Crippen LogP contribution in [0.3, 0.4) is 0 Å². The molecule has 0 aliphatic carbocycles. The largest absolute Gasteiger partial charge is 0.374 e. The summed E-state index contributed by atoms with van der Waals surface area (Å²) in [6.45, 7) is 0.795. The maximum atomic E-state index is 13.5. The molecule has 2 aliphatic rings. The Kier molecular flexibility index (Phi) is 2.55. The number of halogens is 3. The third-order valence-electron chi connectivity index (χ3n) is 3.43. The summed E-state index contributed by atoms with van der Waals surface area (Å²) in [6, 6.07) is 1.65. The Labute approximate surface area is 101 Å². The van der Waals surface area contributed by atoms with Gasteiger partial charge in [0, 0.05) is 6.54 Å². The molecule has 0 spiro atoms. The summed E-state index contributed by atoms with van der Waals surface area (Å²) in [6.07, 6.45) is 0.698. The highest BCUT2D eigenvalue weighted by Crippen LogP contribution is 2.30. The van der Waals surface area contributed by atoms with E-state index in [0.717, 1.165) is 18.6 Å². The Morgan fingerprint density at radius 2 is 2.06 bits per heavy atom. The Bertz CT molecular complexity index is 520. The van der Waals surface area contributed by atoms with Gasteiger partial charge in [-0.05, 0) is 18.6 Å². The van der Waals surface area contributed by atoms with Gasteiger partial charge < -0.3 is 9.64 Å². The number of carbonyl (C=O) groups is 1. The van der Waals surface area contributed by atoms with Crippen molar-refractivity contribution < 1.29 is 22.7 Å². The summed E-state index contributed by atoms with van der Waals surface area (Å²) in [4.78, 5) is 13.5. The monoisotopic (exact) mass is 257 g/mol. The van der Waals surface area contributed by atoms with Gasteiger partial charge in [-0.1, -0.05) is 0 Å². The first-order chi connectivity index (χ1) is 8.58. The fourth-order valence-corrected chi connectivity index (χ4v) is 2.49. The summed E-state index contributed by atoms with van der Waals surface area (Å²) < 4.78 is 44.7. The van der Waals surface area contributed by atoms with Crippen LogP contribution in [0.5, 0.6) is 0 Å². The van der Waals surface area contributed by atoms with Gasteiger partial charge in [-0.25, -0.2) is 13.2 Å². The lowest BCUT2D eigenvalue weighted by atomic mass is 10.1. The third kappa shape index (κ3) is 1.59. The molecule has 2 atom stereocenters. The van der Waals surface area contributed by atoms with E-state index in [0.29, 0.717) is 13.2 Å².